The molecule has 2 bridgehead atoms. The number of likely N-dealkylation sites (N-methyl/N-ethyl adjacent to an activating group) is 1. The molecular formula is C23H26FN5O2. The quantitative estimate of drug-likeness (QED) is 0.659. The molecule has 0 radical (unpaired) electrons. The number of nitrogens with two attached hydrogens (primary N) is 1. The Morgan fingerprint density at radius 3 is 2.87 bits per heavy atom. The van der Waals surface area contributed by atoms with Gasteiger partial charge in [-0.25, -0.2) is 9.37 Å². The molecule has 7 nitrogen and oxygen atoms in total. The van der Waals surface area contributed by atoms with E-state index < -0.39 is 11.9 Å². The van der Waals surface area contributed by atoms with Crippen LogP contribution in [0.2, 0.25) is 0 Å². The highest BCUT2D eigenvalue weighted by Gasteiger charge is 2.44. The zero-order valence-corrected chi connectivity index (χ0v) is 17.6. The predicted octanol–water partition coefficient (Wildman–Crippen LogP) is 2.59. The lowest BCUT2D eigenvalue weighted by Gasteiger charge is -2.33. The normalized spacial score (nSPS) is 21.7. The van der Waals surface area contributed by atoms with E-state index in [1.54, 1.807) is 24.4 Å². The second-order valence-corrected chi connectivity index (χ2v) is 8.66. The van der Waals surface area contributed by atoms with Crippen molar-refractivity contribution in [1.29, 1.82) is 0 Å². The summed E-state index contributed by atoms with van der Waals surface area (Å²) in [6.07, 6.45) is 4.76. The molecule has 5 rings (SSSR count). The topological polar surface area (TPSA) is 87.5 Å². The molecule has 2 aromatic heterocycles. The molecule has 2 aliphatic heterocycles. The van der Waals surface area contributed by atoms with Gasteiger partial charge in [-0.2, -0.15) is 0 Å². The maximum absolute atomic E-state index is 14.8. The Labute approximate surface area is 180 Å². The zero-order valence-electron chi connectivity index (χ0n) is 17.6. The molecule has 3 atom stereocenters. The molecule has 0 spiro atoms. The number of pyridine rings is 1. The van der Waals surface area contributed by atoms with Crippen molar-refractivity contribution in [3.63, 3.8) is 0 Å². The van der Waals surface area contributed by atoms with Gasteiger partial charge in [0, 0.05) is 37.6 Å². The molecule has 31 heavy (non-hydrogen) atoms. The number of halogens is 1. The van der Waals surface area contributed by atoms with Crippen molar-refractivity contribution in [3.05, 3.63) is 53.6 Å². The second kappa shape index (κ2) is 7.62. The molecule has 1 unspecified atom stereocenters. The first-order valence-corrected chi connectivity index (χ1v) is 10.6. The van der Waals surface area contributed by atoms with Crippen LogP contribution in [0.15, 0.2) is 36.7 Å². The van der Waals surface area contributed by atoms with Crippen molar-refractivity contribution in [2.75, 3.05) is 20.1 Å². The van der Waals surface area contributed by atoms with Crippen molar-refractivity contribution in [2.45, 2.75) is 37.9 Å². The Bertz CT molecular complexity index is 1140. The lowest BCUT2D eigenvalue weighted by Crippen LogP contribution is -2.52. The van der Waals surface area contributed by atoms with E-state index in [1.165, 1.54) is 6.07 Å². The number of aromatic amines is 1. The van der Waals surface area contributed by atoms with Gasteiger partial charge in [0.25, 0.3) is 0 Å². The molecule has 4 heterocycles. The lowest BCUT2D eigenvalue weighted by molar-refractivity contribution is -0.134. The summed E-state index contributed by atoms with van der Waals surface area (Å²) in [6.45, 7) is 3.57. The number of fused-ring (bicyclic) bond motifs is 3. The predicted molar refractivity (Wildman–Crippen MR) is 116 cm³/mol. The third-order valence-corrected chi connectivity index (χ3v) is 6.52. The van der Waals surface area contributed by atoms with Crippen LogP contribution in [0.3, 0.4) is 0 Å². The van der Waals surface area contributed by atoms with Crippen LogP contribution in [-0.2, 0) is 11.2 Å². The maximum atomic E-state index is 14.8. The summed E-state index contributed by atoms with van der Waals surface area (Å²) < 4.78 is 20.6. The smallest absolute Gasteiger partial charge is 0.240 e. The van der Waals surface area contributed by atoms with E-state index in [1.807, 2.05) is 18.0 Å². The SMILES string of the molecule is Cc1c[nH]c2nccc(Oc3ccc(CC(N)C(=O)N4C[C@@H]5C[C@H]4CN5C)cc3F)c12. The third-order valence-electron chi connectivity index (χ3n) is 6.52. The van der Waals surface area contributed by atoms with Gasteiger partial charge in [0.1, 0.15) is 11.4 Å². The number of rotatable bonds is 5. The fourth-order valence-corrected chi connectivity index (χ4v) is 4.83. The van der Waals surface area contributed by atoms with E-state index in [4.69, 9.17) is 10.5 Å². The van der Waals surface area contributed by atoms with Crippen LogP contribution in [0, 0.1) is 12.7 Å². The minimum Gasteiger partial charge on any atom is -0.453 e. The Balaban J connectivity index is 1.28. The van der Waals surface area contributed by atoms with Gasteiger partial charge in [0.05, 0.1) is 11.4 Å². The first-order chi connectivity index (χ1) is 14.9. The summed E-state index contributed by atoms with van der Waals surface area (Å²) in [6, 6.07) is 6.45. The van der Waals surface area contributed by atoms with Gasteiger partial charge in [-0.05, 0) is 56.1 Å². The highest BCUT2D eigenvalue weighted by Crippen LogP contribution is 2.33. The van der Waals surface area contributed by atoms with Gasteiger partial charge >= 0.3 is 0 Å². The summed E-state index contributed by atoms with van der Waals surface area (Å²) in [7, 11) is 2.09. The number of likely N-dealkylation sites (tertiary alicyclic amines) is 2. The highest BCUT2D eigenvalue weighted by atomic mass is 19.1. The van der Waals surface area contributed by atoms with Crippen LogP contribution in [-0.4, -0.2) is 63.9 Å². The van der Waals surface area contributed by atoms with Gasteiger partial charge < -0.3 is 20.4 Å². The number of nitrogens with one attached hydrogen (secondary N) is 1. The molecular weight excluding hydrogens is 397 g/mol. The monoisotopic (exact) mass is 423 g/mol. The van der Waals surface area contributed by atoms with Crippen molar-refractivity contribution in [2.24, 2.45) is 5.73 Å². The van der Waals surface area contributed by atoms with Gasteiger partial charge in [-0.15, -0.1) is 0 Å². The van der Waals surface area contributed by atoms with Crippen LogP contribution >= 0.6 is 0 Å². The summed E-state index contributed by atoms with van der Waals surface area (Å²) in [5.74, 6) is 0.119. The van der Waals surface area contributed by atoms with E-state index in [9.17, 15) is 9.18 Å². The minimum atomic E-state index is -0.682. The van der Waals surface area contributed by atoms with E-state index in [2.05, 4.69) is 21.9 Å². The molecule has 2 aliphatic rings. The molecule has 3 N–H and O–H groups in total. The Morgan fingerprint density at radius 1 is 1.32 bits per heavy atom. The first kappa shape index (κ1) is 20.0. The summed E-state index contributed by atoms with van der Waals surface area (Å²) in [5.41, 5.74) is 8.54. The van der Waals surface area contributed by atoms with Crippen LogP contribution in [0.5, 0.6) is 11.5 Å². The Morgan fingerprint density at radius 2 is 2.16 bits per heavy atom. The summed E-state index contributed by atoms with van der Waals surface area (Å²) in [5, 5.41) is 0.823. The largest absolute Gasteiger partial charge is 0.453 e. The maximum Gasteiger partial charge on any atom is 0.240 e. The highest BCUT2D eigenvalue weighted by molar-refractivity contribution is 5.86. The first-order valence-electron chi connectivity index (χ1n) is 10.6. The number of benzene rings is 1. The molecule has 162 valence electrons. The van der Waals surface area contributed by atoms with Crippen molar-refractivity contribution in [3.8, 4) is 11.5 Å². The van der Waals surface area contributed by atoms with Crippen molar-refractivity contribution >= 4 is 16.9 Å². The van der Waals surface area contributed by atoms with Crippen LogP contribution in [0.4, 0.5) is 4.39 Å². The summed E-state index contributed by atoms with van der Waals surface area (Å²) in [4.78, 5) is 24.3. The number of hydrogen-bond donors (Lipinski definition) is 2. The number of hydrogen-bond acceptors (Lipinski definition) is 5. The van der Waals surface area contributed by atoms with Crippen LogP contribution in [0.1, 0.15) is 17.5 Å². The standard InChI is InChI=1S/C23H26FN5O2/c1-13-10-27-22-21(13)20(5-6-26-22)31-19-4-3-14(7-17(19)24)8-18(25)23(30)29-12-15-9-16(29)11-28(15)2/h3-7,10,15-16,18H,8-9,11-12,25H2,1-2H3,(H,26,27)/t15-,16-,18?/m0/s1. The van der Waals surface area contributed by atoms with Gasteiger partial charge in [-0.3, -0.25) is 9.69 Å². The average molecular weight is 423 g/mol. The number of ether oxygens (including phenoxy) is 1. The van der Waals surface area contributed by atoms with E-state index in [0.29, 0.717) is 23.0 Å². The number of H-pyrrole nitrogens is 1. The Hall–Kier alpha value is -2.97. The zero-order chi connectivity index (χ0) is 21.7. The number of nitrogens with zero attached hydrogens (tertiary/aromatic N) is 3. The minimum absolute atomic E-state index is 0.0524. The number of piperazine rings is 1. The average Bonchev–Trinajstić information content (AvgIpc) is 3.44. The molecule has 2 fully saturated rings. The number of aryl methyl sites for hydroxylation is 1. The fourth-order valence-electron chi connectivity index (χ4n) is 4.83. The van der Waals surface area contributed by atoms with Gasteiger partial charge in [0.15, 0.2) is 11.6 Å². The Kier molecular flexibility index (Phi) is 4.91. The third kappa shape index (κ3) is 3.55. The number of amides is 1. The summed E-state index contributed by atoms with van der Waals surface area (Å²) >= 11 is 0. The van der Waals surface area contributed by atoms with Crippen molar-refractivity contribution < 1.29 is 13.9 Å². The number of carbonyl (C=O) groups is 1. The van der Waals surface area contributed by atoms with E-state index in [-0.39, 0.29) is 24.1 Å². The van der Waals surface area contributed by atoms with E-state index in [0.717, 1.165) is 30.5 Å². The van der Waals surface area contributed by atoms with E-state index >= 15 is 0 Å². The van der Waals surface area contributed by atoms with Crippen LogP contribution < -0.4 is 10.5 Å². The lowest BCUT2D eigenvalue weighted by atomic mass is 10.0. The number of carbonyl (C=O) groups excluding carboxylic acids is 1. The second-order valence-electron chi connectivity index (χ2n) is 8.66. The molecule has 8 heteroatoms. The van der Waals surface area contributed by atoms with Gasteiger partial charge in [-0.1, -0.05) is 6.07 Å². The van der Waals surface area contributed by atoms with Crippen LogP contribution in [0.25, 0.3) is 11.0 Å². The fraction of sp³-hybridized carbons (Fsp3) is 0.391. The molecule has 3 aromatic rings. The van der Waals surface area contributed by atoms with Gasteiger partial charge in [0.2, 0.25) is 5.91 Å². The van der Waals surface area contributed by atoms with Crippen molar-refractivity contribution in [1.82, 2.24) is 19.8 Å². The molecule has 0 saturated carbocycles. The number of aromatic nitrogens is 2. The molecule has 1 amide bonds. The molecule has 2 saturated heterocycles. The molecule has 1 aromatic carbocycles. The molecule has 0 aliphatic carbocycles.